The second kappa shape index (κ2) is 8.41. The number of ether oxygens (including phenoxy) is 1. The molecule has 0 heterocycles. The summed E-state index contributed by atoms with van der Waals surface area (Å²) < 4.78 is 5.14. The summed E-state index contributed by atoms with van der Waals surface area (Å²) in [6.07, 6.45) is -0.675. The molecule has 1 amide bonds. The van der Waals surface area contributed by atoms with Gasteiger partial charge >= 0.3 is 0 Å². The molecule has 0 spiro atoms. The van der Waals surface area contributed by atoms with Gasteiger partial charge in [0.05, 0.1) is 24.7 Å². The Morgan fingerprint density at radius 3 is 2.78 bits per heavy atom. The summed E-state index contributed by atoms with van der Waals surface area (Å²) in [6, 6.07) is 14.2. The van der Waals surface area contributed by atoms with E-state index < -0.39 is 6.10 Å². The number of hydrogen-bond donors (Lipinski definition) is 3. The molecule has 6 heteroatoms. The van der Waals surface area contributed by atoms with E-state index in [1.165, 1.54) is 0 Å². The number of rotatable bonds is 7. The van der Waals surface area contributed by atoms with Crippen molar-refractivity contribution in [3.63, 3.8) is 0 Å². The van der Waals surface area contributed by atoms with Crippen LogP contribution in [-0.2, 0) is 0 Å². The van der Waals surface area contributed by atoms with Crippen LogP contribution in [0.15, 0.2) is 48.5 Å². The number of anilines is 2. The van der Waals surface area contributed by atoms with E-state index in [1.54, 1.807) is 49.6 Å². The molecule has 2 rings (SSSR count). The van der Waals surface area contributed by atoms with Crippen LogP contribution in [0.4, 0.5) is 11.4 Å². The van der Waals surface area contributed by atoms with Gasteiger partial charge in [0.25, 0.3) is 5.91 Å². The van der Waals surface area contributed by atoms with Crippen LogP contribution in [0.2, 0.25) is 0 Å². The lowest BCUT2D eigenvalue weighted by atomic mass is 10.1. The van der Waals surface area contributed by atoms with Crippen molar-refractivity contribution in [1.29, 1.82) is 0 Å². The van der Waals surface area contributed by atoms with Crippen LogP contribution in [0.5, 0.6) is 5.75 Å². The van der Waals surface area contributed by atoms with Gasteiger partial charge < -0.3 is 20.5 Å². The van der Waals surface area contributed by atoms with Crippen LogP contribution in [0.25, 0.3) is 0 Å². The maximum atomic E-state index is 12.5. The van der Waals surface area contributed by atoms with Crippen molar-refractivity contribution in [3.05, 3.63) is 54.1 Å². The van der Waals surface area contributed by atoms with Crippen LogP contribution in [0.3, 0.4) is 0 Å². The van der Waals surface area contributed by atoms with Crippen molar-refractivity contribution in [2.24, 2.45) is 0 Å². The van der Waals surface area contributed by atoms with Crippen LogP contribution in [0, 0.1) is 0 Å². The molecule has 122 valence electrons. The molecule has 1 atom stereocenters. The number of para-hydroxylation sites is 1. The Hall–Kier alpha value is -2.24. The fraction of sp³-hybridized carbons (Fsp3) is 0.235. The minimum Gasteiger partial charge on any atom is -0.497 e. The van der Waals surface area contributed by atoms with Gasteiger partial charge in [-0.2, -0.15) is 0 Å². The van der Waals surface area contributed by atoms with Gasteiger partial charge in [0, 0.05) is 24.0 Å². The normalized spacial score (nSPS) is 11.6. The molecule has 0 saturated heterocycles. The molecule has 2 aromatic rings. The number of benzene rings is 2. The van der Waals surface area contributed by atoms with Crippen LogP contribution in [-0.4, -0.2) is 36.7 Å². The molecule has 0 aliphatic carbocycles. The molecule has 0 aliphatic heterocycles. The summed E-state index contributed by atoms with van der Waals surface area (Å²) in [5.41, 5.74) is 1.76. The van der Waals surface area contributed by atoms with Gasteiger partial charge in [-0.25, -0.2) is 0 Å². The first kappa shape index (κ1) is 17.1. The molecule has 0 saturated carbocycles. The molecule has 0 bridgehead atoms. The number of aliphatic hydroxyl groups excluding tert-OH is 1. The molecule has 3 N–H and O–H groups in total. The third-order valence-corrected chi connectivity index (χ3v) is 3.56. The maximum absolute atomic E-state index is 12.5. The average Bonchev–Trinajstić information content (AvgIpc) is 2.60. The minimum atomic E-state index is -0.675. The van der Waals surface area contributed by atoms with E-state index in [-0.39, 0.29) is 18.3 Å². The van der Waals surface area contributed by atoms with E-state index in [9.17, 15) is 9.90 Å². The Labute approximate surface area is 140 Å². The van der Waals surface area contributed by atoms with E-state index in [0.717, 1.165) is 0 Å². The highest BCUT2D eigenvalue weighted by Crippen LogP contribution is 2.20. The Bertz CT molecular complexity index is 664. The van der Waals surface area contributed by atoms with E-state index in [1.807, 2.05) is 6.07 Å². The predicted octanol–water partition coefficient (Wildman–Crippen LogP) is 2.96. The highest BCUT2D eigenvalue weighted by atomic mass is 35.5. The van der Waals surface area contributed by atoms with Gasteiger partial charge in [-0.05, 0) is 24.3 Å². The molecule has 0 aromatic heterocycles. The number of carbonyl (C=O) groups excluding carboxylic acids is 1. The van der Waals surface area contributed by atoms with Gasteiger partial charge in [-0.3, -0.25) is 4.79 Å². The first-order valence-corrected chi connectivity index (χ1v) is 7.70. The second-order valence-electron chi connectivity index (χ2n) is 4.92. The van der Waals surface area contributed by atoms with Gasteiger partial charge in [0.1, 0.15) is 5.75 Å². The molecular weight excluding hydrogens is 316 g/mol. The second-order valence-corrected chi connectivity index (χ2v) is 5.23. The molecule has 1 unspecified atom stereocenters. The van der Waals surface area contributed by atoms with Crippen molar-refractivity contribution in [3.8, 4) is 5.75 Å². The monoisotopic (exact) mass is 334 g/mol. The van der Waals surface area contributed by atoms with E-state index in [4.69, 9.17) is 16.3 Å². The van der Waals surface area contributed by atoms with Crippen molar-refractivity contribution in [2.45, 2.75) is 6.10 Å². The Morgan fingerprint density at radius 1 is 1.26 bits per heavy atom. The predicted molar refractivity (Wildman–Crippen MR) is 92.6 cm³/mol. The lowest BCUT2D eigenvalue weighted by Crippen LogP contribution is -2.22. The Morgan fingerprint density at radius 2 is 2.04 bits per heavy atom. The summed E-state index contributed by atoms with van der Waals surface area (Å²) >= 11 is 5.58. The zero-order valence-corrected chi connectivity index (χ0v) is 13.5. The van der Waals surface area contributed by atoms with Gasteiger partial charge in [0.2, 0.25) is 0 Å². The number of aliphatic hydroxyl groups is 1. The number of halogens is 1. The molecule has 23 heavy (non-hydrogen) atoms. The van der Waals surface area contributed by atoms with Crippen LogP contribution < -0.4 is 15.4 Å². The van der Waals surface area contributed by atoms with Gasteiger partial charge in [-0.15, -0.1) is 11.6 Å². The number of amides is 1. The summed E-state index contributed by atoms with van der Waals surface area (Å²) in [5, 5.41) is 15.4. The standard InChI is InChI=1S/C17H19ClN2O3/c1-23-14-6-4-5-12(9-14)20-17(22)15-7-2-3-8-16(15)19-11-13(21)10-18/h2-9,13,19,21H,10-11H2,1H3,(H,20,22). The van der Waals surface area contributed by atoms with E-state index in [2.05, 4.69) is 10.6 Å². The highest BCUT2D eigenvalue weighted by Gasteiger charge is 2.12. The fourth-order valence-electron chi connectivity index (χ4n) is 2.02. The number of carbonyl (C=O) groups is 1. The van der Waals surface area contributed by atoms with Crippen molar-refractivity contribution < 1.29 is 14.6 Å². The SMILES string of the molecule is COc1cccc(NC(=O)c2ccccc2NCC(O)CCl)c1. The topological polar surface area (TPSA) is 70.6 Å². The first-order chi connectivity index (χ1) is 11.1. The first-order valence-electron chi connectivity index (χ1n) is 7.16. The molecule has 0 aliphatic rings. The molecule has 0 radical (unpaired) electrons. The molecular formula is C17H19ClN2O3. The summed E-state index contributed by atoms with van der Waals surface area (Å²) in [4.78, 5) is 12.5. The van der Waals surface area contributed by atoms with Crippen LogP contribution in [0.1, 0.15) is 10.4 Å². The third-order valence-electron chi connectivity index (χ3n) is 3.21. The smallest absolute Gasteiger partial charge is 0.257 e. The number of nitrogens with one attached hydrogen (secondary N) is 2. The number of hydrogen-bond acceptors (Lipinski definition) is 4. The Balaban J connectivity index is 2.12. The molecule has 0 fully saturated rings. The van der Waals surface area contributed by atoms with E-state index >= 15 is 0 Å². The van der Waals surface area contributed by atoms with Gasteiger partial charge in [-0.1, -0.05) is 18.2 Å². The summed E-state index contributed by atoms with van der Waals surface area (Å²) in [5.74, 6) is 0.548. The fourth-order valence-corrected chi connectivity index (χ4v) is 2.13. The van der Waals surface area contributed by atoms with Crippen molar-refractivity contribution in [1.82, 2.24) is 0 Å². The third kappa shape index (κ3) is 4.87. The minimum absolute atomic E-state index is 0.130. The molecule has 5 nitrogen and oxygen atoms in total. The van der Waals surface area contributed by atoms with Crippen molar-refractivity contribution in [2.75, 3.05) is 30.2 Å². The van der Waals surface area contributed by atoms with E-state index in [0.29, 0.717) is 22.7 Å². The molecule has 2 aromatic carbocycles. The summed E-state index contributed by atoms with van der Waals surface area (Å²) in [6.45, 7) is 0.271. The number of alkyl halides is 1. The lowest BCUT2D eigenvalue weighted by molar-refractivity contribution is 0.102. The quantitative estimate of drug-likeness (QED) is 0.681. The largest absolute Gasteiger partial charge is 0.497 e. The highest BCUT2D eigenvalue weighted by molar-refractivity contribution is 6.18. The zero-order valence-electron chi connectivity index (χ0n) is 12.8. The van der Waals surface area contributed by atoms with Crippen molar-refractivity contribution >= 4 is 28.9 Å². The average molecular weight is 335 g/mol. The zero-order chi connectivity index (χ0) is 16.7. The summed E-state index contributed by atoms with van der Waals surface area (Å²) in [7, 11) is 1.57. The van der Waals surface area contributed by atoms with Crippen LogP contribution >= 0.6 is 11.6 Å². The maximum Gasteiger partial charge on any atom is 0.257 e. The Kier molecular flexibility index (Phi) is 6.26. The number of methoxy groups -OCH3 is 1. The lowest BCUT2D eigenvalue weighted by Gasteiger charge is -2.14. The van der Waals surface area contributed by atoms with Gasteiger partial charge in [0.15, 0.2) is 0 Å².